The predicted molar refractivity (Wildman–Crippen MR) is 95.8 cm³/mol. The molecule has 0 spiro atoms. The third-order valence-corrected chi connectivity index (χ3v) is 3.33. The molecule has 1 rings (SSSR count). The summed E-state index contributed by atoms with van der Waals surface area (Å²) in [7, 11) is 2.88. The molecule has 138 valence electrons. The number of allylic oxidation sites excluding steroid dienone is 1. The maximum absolute atomic E-state index is 12.0. The first kappa shape index (κ1) is 20.5. The van der Waals surface area contributed by atoms with E-state index in [2.05, 4.69) is 11.9 Å². The molecule has 0 heterocycles. The van der Waals surface area contributed by atoms with E-state index in [1.807, 2.05) is 18.2 Å². The summed E-state index contributed by atoms with van der Waals surface area (Å²) >= 11 is 0. The molecule has 1 amide bonds. The van der Waals surface area contributed by atoms with E-state index in [1.165, 1.54) is 7.11 Å². The molecule has 0 aromatic heterocycles. The van der Waals surface area contributed by atoms with Crippen molar-refractivity contribution >= 4 is 12.1 Å². The Bertz CT molecular complexity index is 619. The van der Waals surface area contributed by atoms with Crippen molar-refractivity contribution in [1.82, 2.24) is 5.32 Å². The maximum Gasteiger partial charge on any atom is 0.408 e. The largest absolute Gasteiger partial charge is 0.496 e. The van der Waals surface area contributed by atoms with Crippen molar-refractivity contribution in [3.8, 4) is 5.75 Å². The lowest BCUT2D eigenvalue weighted by Crippen LogP contribution is -2.45. The minimum atomic E-state index is -0.843. The average Bonchev–Trinajstić information content (AvgIpc) is 2.52. The molecule has 1 N–H and O–H groups in total. The first-order chi connectivity index (χ1) is 11.7. The van der Waals surface area contributed by atoms with Crippen LogP contribution in [-0.2, 0) is 27.1 Å². The van der Waals surface area contributed by atoms with Gasteiger partial charge in [-0.25, -0.2) is 9.59 Å². The summed E-state index contributed by atoms with van der Waals surface area (Å²) in [6.07, 6.45) is 2.03. The number of rotatable bonds is 7. The van der Waals surface area contributed by atoms with Crippen LogP contribution in [0, 0.1) is 0 Å². The minimum Gasteiger partial charge on any atom is -0.496 e. The van der Waals surface area contributed by atoms with Gasteiger partial charge in [0, 0.05) is 6.42 Å². The van der Waals surface area contributed by atoms with Crippen molar-refractivity contribution in [2.45, 2.75) is 45.3 Å². The summed E-state index contributed by atoms with van der Waals surface area (Å²) in [5.41, 5.74) is 1.17. The molecule has 0 bridgehead atoms. The second-order valence-electron chi connectivity index (χ2n) is 6.57. The first-order valence-electron chi connectivity index (χ1n) is 8.04. The molecular formula is C19H27NO5. The highest BCUT2D eigenvalue weighted by molar-refractivity contribution is 5.81. The standard InChI is InChI=1S/C19H27NO5/c1-7-8-14-11-13(9-10-16(14)23-5)12-15(17(21)24-6)20-18(22)25-19(2,3)4/h7,9-11,15H,1,8,12H2,2-6H3,(H,20,22)/t15-/m0/s1. The highest BCUT2D eigenvalue weighted by Gasteiger charge is 2.25. The van der Waals surface area contributed by atoms with Crippen LogP contribution in [0.1, 0.15) is 31.9 Å². The summed E-state index contributed by atoms with van der Waals surface area (Å²) in [6.45, 7) is 9.00. The molecule has 0 saturated heterocycles. The molecule has 0 aliphatic carbocycles. The van der Waals surface area contributed by atoms with E-state index in [0.29, 0.717) is 6.42 Å². The van der Waals surface area contributed by atoms with E-state index in [1.54, 1.807) is 34.0 Å². The number of methoxy groups -OCH3 is 2. The van der Waals surface area contributed by atoms with Gasteiger partial charge in [0.15, 0.2) is 0 Å². The fourth-order valence-electron chi connectivity index (χ4n) is 2.29. The Labute approximate surface area is 149 Å². The molecule has 0 aliphatic heterocycles. The van der Waals surface area contributed by atoms with Gasteiger partial charge in [-0.2, -0.15) is 0 Å². The normalized spacial score (nSPS) is 12.0. The first-order valence-corrected chi connectivity index (χ1v) is 8.04. The third-order valence-electron chi connectivity index (χ3n) is 3.33. The van der Waals surface area contributed by atoms with Crippen LogP contribution in [0.3, 0.4) is 0 Å². The number of carbonyl (C=O) groups is 2. The lowest BCUT2D eigenvalue weighted by molar-refractivity contribution is -0.143. The quantitative estimate of drug-likeness (QED) is 0.605. The van der Waals surface area contributed by atoms with Crippen LogP contribution in [0.25, 0.3) is 0 Å². The number of amides is 1. The zero-order valence-electron chi connectivity index (χ0n) is 15.5. The predicted octanol–water partition coefficient (Wildman–Crippen LogP) is 3.03. The third kappa shape index (κ3) is 6.87. The van der Waals surface area contributed by atoms with E-state index in [-0.39, 0.29) is 6.42 Å². The number of nitrogens with one attached hydrogen (secondary N) is 1. The van der Waals surface area contributed by atoms with Gasteiger partial charge in [0.1, 0.15) is 17.4 Å². The van der Waals surface area contributed by atoms with Gasteiger partial charge in [0.25, 0.3) is 0 Å². The average molecular weight is 349 g/mol. The summed E-state index contributed by atoms with van der Waals surface area (Å²) in [4.78, 5) is 24.0. The SMILES string of the molecule is C=CCc1cc(C[C@H](NC(=O)OC(C)(C)C)C(=O)OC)ccc1OC. The zero-order valence-corrected chi connectivity index (χ0v) is 15.5. The Morgan fingerprint density at radius 1 is 1.28 bits per heavy atom. The van der Waals surface area contributed by atoms with Gasteiger partial charge in [0.2, 0.25) is 0 Å². The molecule has 6 nitrogen and oxygen atoms in total. The number of hydrogen-bond donors (Lipinski definition) is 1. The van der Waals surface area contributed by atoms with Crippen molar-refractivity contribution < 1.29 is 23.8 Å². The Morgan fingerprint density at radius 2 is 1.96 bits per heavy atom. The van der Waals surface area contributed by atoms with Gasteiger partial charge >= 0.3 is 12.1 Å². The monoisotopic (exact) mass is 349 g/mol. The Balaban J connectivity index is 2.95. The molecule has 0 saturated carbocycles. The van der Waals surface area contributed by atoms with Crippen molar-refractivity contribution in [3.63, 3.8) is 0 Å². The van der Waals surface area contributed by atoms with E-state index in [0.717, 1.165) is 16.9 Å². The number of ether oxygens (including phenoxy) is 3. The van der Waals surface area contributed by atoms with Crippen molar-refractivity contribution in [2.24, 2.45) is 0 Å². The van der Waals surface area contributed by atoms with Gasteiger partial charge in [0.05, 0.1) is 14.2 Å². The summed E-state index contributed by atoms with van der Waals surface area (Å²) in [5.74, 6) is 0.213. The topological polar surface area (TPSA) is 73.9 Å². The molecule has 1 atom stereocenters. The molecule has 0 unspecified atom stereocenters. The molecule has 0 aliphatic rings. The molecular weight excluding hydrogens is 322 g/mol. The van der Waals surface area contributed by atoms with E-state index >= 15 is 0 Å². The molecule has 6 heteroatoms. The number of esters is 1. The van der Waals surface area contributed by atoms with Gasteiger partial charge in [-0.3, -0.25) is 0 Å². The lowest BCUT2D eigenvalue weighted by Gasteiger charge is -2.22. The lowest BCUT2D eigenvalue weighted by atomic mass is 10.0. The minimum absolute atomic E-state index is 0.278. The van der Waals surface area contributed by atoms with Crippen LogP contribution in [0.5, 0.6) is 5.75 Å². The summed E-state index contributed by atoms with van der Waals surface area (Å²) in [5, 5.41) is 2.57. The van der Waals surface area contributed by atoms with E-state index < -0.39 is 23.7 Å². The molecule has 0 radical (unpaired) electrons. The van der Waals surface area contributed by atoms with Gasteiger partial charge < -0.3 is 19.5 Å². The van der Waals surface area contributed by atoms with Crippen LogP contribution in [0.2, 0.25) is 0 Å². The van der Waals surface area contributed by atoms with Crippen LogP contribution < -0.4 is 10.1 Å². The fourth-order valence-corrected chi connectivity index (χ4v) is 2.29. The Hall–Kier alpha value is -2.50. The van der Waals surface area contributed by atoms with E-state index in [9.17, 15) is 9.59 Å². The van der Waals surface area contributed by atoms with Crippen molar-refractivity contribution in [1.29, 1.82) is 0 Å². The van der Waals surface area contributed by atoms with Gasteiger partial charge in [-0.1, -0.05) is 18.2 Å². The number of benzene rings is 1. The van der Waals surface area contributed by atoms with Crippen molar-refractivity contribution in [3.05, 3.63) is 42.0 Å². The Morgan fingerprint density at radius 3 is 2.48 bits per heavy atom. The second-order valence-corrected chi connectivity index (χ2v) is 6.57. The smallest absolute Gasteiger partial charge is 0.408 e. The molecule has 0 fully saturated rings. The summed E-state index contributed by atoms with van der Waals surface area (Å²) < 4.78 is 15.3. The van der Waals surface area contributed by atoms with Gasteiger partial charge in [-0.15, -0.1) is 6.58 Å². The maximum atomic E-state index is 12.0. The van der Waals surface area contributed by atoms with Gasteiger partial charge in [-0.05, 0) is 44.4 Å². The number of alkyl carbamates (subject to hydrolysis) is 1. The number of hydrogen-bond acceptors (Lipinski definition) is 5. The van der Waals surface area contributed by atoms with Crippen LogP contribution in [-0.4, -0.2) is 37.9 Å². The van der Waals surface area contributed by atoms with Crippen molar-refractivity contribution in [2.75, 3.05) is 14.2 Å². The molecule has 1 aromatic rings. The second kappa shape index (κ2) is 9.11. The molecule has 1 aromatic carbocycles. The number of carbonyl (C=O) groups excluding carboxylic acids is 2. The van der Waals surface area contributed by atoms with E-state index in [4.69, 9.17) is 14.2 Å². The molecule has 25 heavy (non-hydrogen) atoms. The summed E-state index contributed by atoms with van der Waals surface area (Å²) in [6, 6.07) is 4.76. The highest BCUT2D eigenvalue weighted by atomic mass is 16.6. The van der Waals surface area contributed by atoms with Crippen LogP contribution in [0.4, 0.5) is 4.79 Å². The van der Waals surface area contributed by atoms with Crippen LogP contribution >= 0.6 is 0 Å². The highest BCUT2D eigenvalue weighted by Crippen LogP contribution is 2.22. The van der Waals surface area contributed by atoms with Crippen LogP contribution in [0.15, 0.2) is 30.9 Å². The zero-order chi connectivity index (χ0) is 19.0. The fraction of sp³-hybridized carbons (Fsp3) is 0.474. The Kier molecular flexibility index (Phi) is 7.48.